The van der Waals surface area contributed by atoms with Crippen LogP contribution in [-0.4, -0.2) is 11.0 Å². The maximum absolute atomic E-state index is 13.6. The van der Waals surface area contributed by atoms with Crippen molar-refractivity contribution in [2.45, 2.75) is 6.54 Å². The normalized spacial score (nSPS) is 10.4. The van der Waals surface area contributed by atoms with Gasteiger partial charge in [0.05, 0.1) is 10.6 Å². The molecule has 0 heterocycles. The first-order chi connectivity index (χ1) is 9.88. The average Bonchev–Trinajstić information content (AvgIpc) is 2.43. The van der Waals surface area contributed by atoms with Gasteiger partial charge < -0.3 is 16.2 Å². The number of nitrogens with two attached hydrogens (primary N) is 1. The van der Waals surface area contributed by atoms with Gasteiger partial charge in [-0.25, -0.2) is 8.78 Å². The van der Waals surface area contributed by atoms with Gasteiger partial charge in [0.2, 0.25) is 0 Å². The molecule has 0 aliphatic rings. The lowest BCUT2D eigenvalue weighted by Gasteiger charge is -2.09. The molecule has 2 aromatic rings. The molecule has 2 rings (SSSR count). The van der Waals surface area contributed by atoms with Crippen molar-refractivity contribution in [2.75, 3.05) is 5.73 Å². The van der Waals surface area contributed by atoms with Gasteiger partial charge in [-0.1, -0.05) is 11.6 Å². The van der Waals surface area contributed by atoms with Gasteiger partial charge >= 0.3 is 0 Å². The van der Waals surface area contributed by atoms with Crippen LogP contribution in [0.5, 0.6) is 5.75 Å². The van der Waals surface area contributed by atoms with E-state index in [0.29, 0.717) is 17.3 Å². The predicted molar refractivity (Wildman–Crippen MR) is 75.1 cm³/mol. The molecule has 0 aromatic heterocycles. The van der Waals surface area contributed by atoms with Crippen molar-refractivity contribution in [3.8, 4) is 5.75 Å². The lowest BCUT2D eigenvalue weighted by Crippen LogP contribution is -2.24. The van der Waals surface area contributed by atoms with E-state index in [0.717, 1.165) is 6.07 Å². The maximum atomic E-state index is 13.6. The number of carbonyl (C=O) groups is 1. The Bertz CT molecular complexity index is 708. The van der Waals surface area contributed by atoms with E-state index in [4.69, 9.17) is 17.3 Å². The molecular weight excluding hydrogens is 302 g/mol. The summed E-state index contributed by atoms with van der Waals surface area (Å²) in [4.78, 5) is 11.8. The van der Waals surface area contributed by atoms with Crippen LogP contribution in [0.4, 0.5) is 14.5 Å². The summed E-state index contributed by atoms with van der Waals surface area (Å²) >= 11 is 5.41. The highest BCUT2D eigenvalue weighted by Crippen LogP contribution is 2.21. The van der Waals surface area contributed by atoms with Crippen LogP contribution in [0, 0.1) is 11.6 Å². The number of halogens is 3. The van der Waals surface area contributed by atoms with E-state index in [1.165, 1.54) is 18.2 Å². The lowest BCUT2D eigenvalue weighted by atomic mass is 10.1. The standard InChI is InChI=1S/C14H11ClF2N2O2/c15-10-5-11(16)9(4-12(10)17)14(21)19-6-7-3-8(18)1-2-13(7)20/h1-5,20H,6,18H2,(H,19,21). The molecule has 0 atom stereocenters. The van der Waals surface area contributed by atoms with Gasteiger partial charge in [-0.15, -0.1) is 0 Å². The van der Waals surface area contributed by atoms with Gasteiger partial charge in [0, 0.05) is 17.8 Å². The summed E-state index contributed by atoms with van der Waals surface area (Å²) in [7, 11) is 0. The van der Waals surface area contributed by atoms with Crippen LogP contribution in [-0.2, 0) is 6.54 Å². The van der Waals surface area contributed by atoms with Gasteiger partial charge in [-0.2, -0.15) is 0 Å². The van der Waals surface area contributed by atoms with Crippen LogP contribution in [0.3, 0.4) is 0 Å². The molecule has 0 fully saturated rings. The molecular formula is C14H11ClF2N2O2. The monoisotopic (exact) mass is 312 g/mol. The molecule has 0 spiro atoms. The lowest BCUT2D eigenvalue weighted by molar-refractivity contribution is 0.0946. The number of hydrogen-bond donors (Lipinski definition) is 3. The fourth-order valence-electron chi connectivity index (χ4n) is 1.71. The summed E-state index contributed by atoms with van der Waals surface area (Å²) in [5, 5.41) is 11.6. The minimum Gasteiger partial charge on any atom is -0.508 e. The first-order valence-electron chi connectivity index (χ1n) is 5.88. The van der Waals surface area contributed by atoms with E-state index in [1.807, 2.05) is 0 Å². The van der Waals surface area contributed by atoms with Crippen LogP contribution in [0.2, 0.25) is 5.02 Å². The fraction of sp³-hybridized carbons (Fsp3) is 0.0714. The zero-order chi connectivity index (χ0) is 15.6. The molecule has 0 saturated heterocycles. The second-order valence-corrected chi connectivity index (χ2v) is 4.72. The van der Waals surface area contributed by atoms with Crippen LogP contribution >= 0.6 is 11.6 Å². The second-order valence-electron chi connectivity index (χ2n) is 4.32. The number of aromatic hydroxyl groups is 1. The number of phenolic OH excluding ortho intramolecular Hbond substituents is 1. The largest absolute Gasteiger partial charge is 0.508 e. The smallest absolute Gasteiger partial charge is 0.254 e. The molecule has 4 N–H and O–H groups in total. The third-order valence-corrected chi connectivity index (χ3v) is 3.09. The summed E-state index contributed by atoms with van der Waals surface area (Å²) in [6.07, 6.45) is 0. The Balaban J connectivity index is 2.15. The van der Waals surface area contributed by atoms with Gasteiger partial charge in [-0.05, 0) is 30.3 Å². The maximum Gasteiger partial charge on any atom is 0.254 e. The molecule has 0 aliphatic heterocycles. The van der Waals surface area contributed by atoms with E-state index >= 15 is 0 Å². The summed E-state index contributed by atoms with van der Waals surface area (Å²) in [5.41, 5.74) is 5.85. The highest BCUT2D eigenvalue weighted by molar-refractivity contribution is 6.30. The molecule has 4 nitrogen and oxygen atoms in total. The van der Waals surface area contributed by atoms with Crippen molar-refractivity contribution in [1.82, 2.24) is 5.32 Å². The Labute approximate surface area is 124 Å². The molecule has 2 aromatic carbocycles. The Hall–Kier alpha value is -2.34. The van der Waals surface area contributed by atoms with Crippen molar-refractivity contribution in [2.24, 2.45) is 0 Å². The Kier molecular flexibility index (Phi) is 4.28. The molecule has 1 amide bonds. The first-order valence-corrected chi connectivity index (χ1v) is 6.26. The Morgan fingerprint density at radius 1 is 1.24 bits per heavy atom. The van der Waals surface area contributed by atoms with E-state index in [9.17, 15) is 18.7 Å². The summed E-state index contributed by atoms with van der Waals surface area (Å²) < 4.78 is 26.8. The Morgan fingerprint density at radius 3 is 2.67 bits per heavy atom. The van der Waals surface area contributed by atoms with Crippen molar-refractivity contribution >= 4 is 23.2 Å². The minimum absolute atomic E-state index is 0.0627. The number of anilines is 1. The molecule has 0 saturated carbocycles. The average molecular weight is 313 g/mol. The van der Waals surface area contributed by atoms with Gasteiger partial charge in [0.15, 0.2) is 0 Å². The summed E-state index contributed by atoms with van der Waals surface area (Å²) in [6, 6.07) is 5.78. The van der Waals surface area contributed by atoms with Crippen molar-refractivity contribution in [3.05, 3.63) is 58.1 Å². The van der Waals surface area contributed by atoms with E-state index < -0.39 is 28.1 Å². The molecule has 0 bridgehead atoms. The zero-order valence-corrected chi connectivity index (χ0v) is 11.4. The van der Waals surface area contributed by atoms with Gasteiger partial charge in [-0.3, -0.25) is 4.79 Å². The van der Waals surface area contributed by atoms with Crippen LogP contribution in [0.25, 0.3) is 0 Å². The van der Waals surface area contributed by atoms with Crippen molar-refractivity contribution < 1.29 is 18.7 Å². The van der Waals surface area contributed by atoms with Gasteiger partial charge in [0.25, 0.3) is 5.91 Å². The minimum atomic E-state index is -0.935. The number of nitrogen functional groups attached to an aromatic ring is 1. The number of phenols is 1. The number of rotatable bonds is 3. The van der Waals surface area contributed by atoms with Crippen LogP contribution in [0.1, 0.15) is 15.9 Å². The van der Waals surface area contributed by atoms with Crippen LogP contribution in [0.15, 0.2) is 30.3 Å². The fourth-order valence-corrected chi connectivity index (χ4v) is 1.86. The zero-order valence-electron chi connectivity index (χ0n) is 10.7. The van der Waals surface area contributed by atoms with Crippen molar-refractivity contribution in [1.29, 1.82) is 0 Å². The van der Waals surface area contributed by atoms with E-state index in [1.54, 1.807) is 0 Å². The Morgan fingerprint density at radius 2 is 1.95 bits per heavy atom. The molecule has 110 valence electrons. The highest BCUT2D eigenvalue weighted by Gasteiger charge is 2.15. The van der Waals surface area contributed by atoms with E-state index in [2.05, 4.69) is 5.32 Å². The number of carbonyl (C=O) groups excluding carboxylic acids is 1. The van der Waals surface area contributed by atoms with Gasteiger partial charge in [0.1, 0.15) is 17.4 Å². The quantitative estimate of drug-likeness (QED) is 0.463. The molecule has 0 radical (unpaired) electrons. The SMILES string of the molecule is Nc1ccc(O)c(CNC(=O)c2cc(F)c(Cl)cc2F)c1. The highest BCUT2D eigenvalue weighted by atomic mass is 35.5. The molecule has 21 heavy (non-hydrogen) atoms. The predicted octanol–water partition coefficient (Wildman–Crippen LogP) is 2.84. The van der Waals surface area contributed by atoms with Crippen molar-refractivity contribution in [3.63, 3.8) is 0 Å². The summed E-state index contributed by atoms with van der Waals surface area (Å²) in [6.45, 7) is -0.0839. The van der Waals surface area contributed by atoms with E-state index in [-0.39, 0.29) is 12.3 Å². The number of amides is 1. The number of nitrogens with one attached hydrogen (secondary N) is 1. The van der Waals surface area contributed by atoms with Crippen LogP contribution < -0.4 is 11.1 Å². The topological polar surface area (TPSA) is 75.3 Å². The second kappa shape index (κ2) is 5.97. The first kappa shape index (κ1) is 15.1. The summed E-state index contributed by atoms with van der Waals surface area (Å²) in [5.74, 6) is -2.72. The number of hydrogen-bond acceptors (Lipinski definition) is 3. The number of benzene rings is 2. The third kappa shape index (κ3) is 3.41. The third-order valence-electron chi connectivity index (χ3n) is 2.80. The molecule has 7 heteroatoms. The molecule has 0 unspecified atom stereocenters. The molecule has 0 aliphatic carbocycles.